The van der Waals surface area contributed by atoms with E-state index < -0.39 is 7.37 Å². The van der Waals surface area contributed by atoms with Crippen molar-refractivity contribution < 1.29 is 14.2 Å². The number of fused-ring (bicyclic) bond motifs is 1. The van der Waals surface area contributed by atoms with Gasteiger partial charge in [-0.2, -0.15) is 0 Å². The van der Waals surface area contributed by atoms with Crippen molar-refractivity contribution in [3.63, 3.8) is 0 Å². The quantitative estimate of drug-likeness (QED) is 0.303. The number of benzene rings is 5. The summed E-state index contributed by atoms with van der Waals surface area (Å²) in [4.78, 5) is 0. The molecule has 0 heterocycles. The lowest BCUT2D eigenvalue weighted by Crippen LogP contribution is -2.20. The molecule has 5 rings (SSSR count). The molecular formula is C29H25O3P. The molecule has 0 saturated carbocycles. The molecule has 5 aromatic rings. The third-order valence-electron chi connectivity index (χ3n) is 5.22. The minimum Gasteiger partial charge on any atom is -0.507 e. The van der Waals surface area contributed by atoms with Crippen LogP contribution >= 0.6 is 7.37 Å². The normalized spacial score (nSPS) is 10.8. The summed E-state index contributed by atoms with van der Waals surface area (Å²) in [5.41, 5.74) is 1.32. The summed E-state index contributed by atoms with van der Waals surface area (Å²) >= 11 is 0. The number of aryl methyl sites for hydroxylation is 1. The average molecular weight is 452 g/mol. The molecule has 5 aromatic carbocycles. The van der Waals surface area contributed by atoms with Gasteiger partial charge in [-0.3, -0.25) is 4.57 Å². The molecule has 3 nitrogen and oxygen atoms in total. The van der Waals surface area contributed by atoms with E-state index in [-0.39, 0.29) is 5.75 Å². The average Bonchev–Trinajstić information content (AvgIpc) is 2.88. The van der Waals surface area contributed by atoms with E-state index >= 15 is 0 Å². The molecule has 0 unspecified atom stereocenters. The molecule has 0 fully saturated rings. The van der Waals surface area contributed by atoms with Crippen molar-refractivity contribution in [2.45, 2.75) is 6.92 Å². The largest absolute Gasteiger partial charge is 0.507 e. The summed E-state index contributed by atoms with van der Waals surface area (Å²) in [5.74, 6) is 0.650. The van der Waals surface area contributed by atoms with E-state index in [9.17, 15) is 9.67 Å². The Balaban J connectivity index is 0.000000318. The van der Waals surface area contributed by atoms with Crippen LogP contribution in [0.25, 0.3) is 10.8 Å². The van der Waals surface area contributed by atoms with Crippen molar-refractivity contribution in [3.8, 4) is 11.5 Å². The molecule has 4 heteroatoms. The Kier molecular flexibility index (Phi) is 6.92. The number of aromatic hydroxyl groups is 1. The van der Waals surface area contributed by atoms with Crippen molar-refractivity contribution >= 4 is 28.8 Å². The number of phenolic OH excluding ortho intramolecular Hbond substituents is 1. The molecule has 164 valence electrons. The monoisotopic (exact) mass is 452 g/mol. The second kappa shape index (κ2) is 10.2. The van der Waals surface area contributed by atoms with E-state index in [2.05, 4.69) is 19.1 Å². The van der Waals surface area contributed by atoms with Gasteiger partial charge in [0.05, 0.1) is 10.6 Å². The molecule has 0 aromatic heterocycles. The molecule has 1 N–H and O–H groups in total. The molecule has 0 bridgehead atoms. The SMILES string of the molecule is Cc1ccccc1.O=P(Oc1ccc(O)c2ccccc12)(c1ccccc1)c1ccccc1. The summed E-state index contributed by atoms with van der Waals surface area (Å²) in [6, 6.07) is 39.3. The van der Waals surface area contributed by atoms with Crippen LogP contribution in [0.15, 0.2) is 127 Å². The third-order valence-corrected chi connectivity index (χ3v) is 7.63. The van der Waals surface area contributed by atoms with Gasteiger partial charge >= 0.3 is 7.37 Å². The van der Waals surface area contributed by atoms with E-state index in [4.69, 9.17) is 4.52 Å². The maximum Gasteiger partial charge on any atom is 0.306 e. The fraction of sp³-hybridized carbons (Fsp3) is 0.0345. The van der Waals surface area contributed by atoms with Gasteiger partial charge in [0.1, 0.15) is 11.5 Å². The van der Waals surface area contributed by atoms with Crippen molar-refractivity contribution in [3.05, 3.63) is 133 Å². The minimum absolute atomic E-state index is 0.169. The standard InChI is InChI=1S/C22H17O3P.C7H8/c23-21-15-16-22(20-14-8-7-13-19(20)21)25-26(24,17-9-3-1-4-10-17)18-11-5-2-6-12-18;1-7-5-3-2-4-6-7/h1-16,23H;2-6H,1H3. The molecule has 0 spiro atoms. The lowest BCUT2D eigenvalue weighted by atomic mass is 10.1. The van der Waals surface area contributed by atoms with Gasteiger partial charge in [0.2, 0.25) is 0 Å². The number of phenols is 1. The Hall–Kier alpha value is -3.81. The van der Waals surface area contributed by atoms with Crippen molar-refractivity contribution in [1.29, 1.82) is 0 Å². The number of rotatable bonds is 4. The highest BCUT2D eigenvalue weighted by Gasteiger charge is 2.30. The van der Waals surface area contributed by atoms with Crippen LogP contribution in [-0.2, 0) is 4.57 Å². The zero-order valence-electron chi connectivity index (χ0n) is 18.3. The second-order valence-corrected chi connectivity index (χ2v) is 9.92. The van der Waals surface area contributed by atoms with Crippen LogP contribution in [0.4, 0.5) is 0 Å². The van der Waals surface area contributed by atoms with E-state index in [0.717, 1.165) is 5.39 Å². The fourth-order valence-corrected chi connectivity index (χ4v) is 5.59. The molecule has 0 aliphatic heterocycles. The first-order chi connectivity index (χ1) is 16.1. The van der Waals surface area contributed by atoms with Crippen molar-refractivity contribution in [2.75, 3.05) is 0 Å². The minimum atomic E-state index is -3.35. The Labute approximate surface area is 194 Å². The lowest BCUT2D eigenvalue weighted by molar-refractivity contribution is 0.479. The topological polar surface area (TPSA) is 46.5 Å². The highest BCUT2D eigenvalue weighted by atomic mass is 31.2. The predicted molar refractivity (Wildman–Crippen MR) is 137 cm³/mol. The van der Waals surface area contributed by atoms with E-state index in [1.54, 1.807) is 12.1 Å². The maximum atomic E-state index is 14.0. The Bertz CT molecular complexity index is 1320. The smallest absolute Gasteiger partial charge is 0.306 e. The van der Waals surface area contributed by atoms with E-state index in [1.165, 1.54) is 5.56 Å². The third kappa shape index (κ3) is 5.16. The van der Waals surface area contributed by atoms with Crippen LogP contribution in [0, 0.1) is 6.92 Å². The van der Waals surface area contributed by atoms with E-state index in [0.29, 0.717) is 21.7 Å². The van der Waals surface area contributed by atoms with E-state index in [1.807, 2.05) is 103 Å². The van der Waals surface area contributed by atoms with Crippen LogP contribution < -0.4 is 15.1 Å². The molecular weight excluding hydrogens is 427 g/mol. The Morgan fingerprint density at radius 1 is 0.576 bits per heavy atom. The maximum absolute atomic E-state index is 14.0. The first kappa shape index (κ1) is 22.4. The number of hydrogen-bond acceptors (Lipinski definition) is 3. The second-order valence-electron chi connectivity index (χ2n) is 7.60. The zero-order chi connectivity index (χ0) is 23.1. The summed E-state index contributed by atoms with van der Waals surface area (Å²) < 4.78 is 20.2. The van der Waals surface area contributed by atoms with Crippen molar-refractivity contribution in [1.82, 2.24) is 0 Å². The van der Waals surface area contributed by atoms with Crippen LogP contribution in [-0.4, -0.2) is 5.11 Å². The molecule has 0 aliphatic rings. The van der Waals surface area contributed by atoms with Gasteiger partial charge < -0.3 is 9.63 Å². The summed E-state index contributed by atoms with van der Waals surface area (Å²) in [6.07, 6.45) is 0. The van der Waals surface area contributed by atoms with Gasteiger partial charge in [-0.25, -0.2) is 0 Å². The van der Waals surface area contributed by atoms with Gasteiger partial charge in [-0.15, -0.1) is 0 Å². The first-order valence-electron chi connectivity index (χ1n) is 10.7. The van der Waals surface area contributed by atoms with Gasteiger partial charge in [0.15, 0.2) is 0 Å². The summed E-state index contributed by atoms with van der Waals surface area (Å²) in [6.45, 7) is 2.08. The highest BCUT2D eigenvalue weighted by Crippen LogP contribution is 2.47. The van der Waals surface area contributed by atoms with Gasteiger partial charge in [0, 0.05) is 10.8 Å². The van der Waals surface area contributed by atoms with Crippen molar-refractivity contribution in [2.24, 2.45) is 0 Å². The Morgan fingerprint density at radius 2 is 1.03 bits per heavy atom. The van der Waals surface area contributed by atoms with Crippen LogP contribution in [0.1, 0.15) is 5.56 Å². The predicted octanol–water partition coefficient (Wildman–Crippen LogP) is 6.85. The lowest BCUT2D eigenvalue weighted by Gasteiger charge is -2.21. The molecule has 33 heavy (non-hydrogen) atoms. The summed E-state index contributed by atoms with van der Waals surface area (Å²) in [5, 5.41) is 12.7. The highest BCUT2D eigenvalue weighted by molar-refractivity contribution is 7.74. The molecule has 0 saturated heterocycles. The molecule has 0 amide bonds. The van der Waals surface area contributed by atoms with Crippen LogP contribution in [0.3, 0.4) is 0 Å². The van der Waals surface area contributed by atoms with Gasteiger partial charge in [-0.05, 0) is 43.3 Å². The Morgan fingerprint density at radius 3 is 1.52 bits per heavy atom. The summed E-state index contributed by atoms with van der Waals surface area (Å²) in [7, 11) is -3.35. The number of hydrogen-bond donors (Lipinski definition) is 1. The first-order valence-corrected chi connectivity index (χ1v) is 12.3. The van der Waals surface area contributed by atoms with Gasteiger partial charge in [-0.1, -0.05) is 96.6 Å². The molecule has 0 radical (unpaired) electrons. The molecule has 0 aliphatic carbocycles. The molecule has 0 atom stereocenters. The zero-order valence-corrected chi connectivity index (χ0v) is 19.2. The van der Waals surface area contributed by atoms with Crippen LogP contribution in [0.5, 0.6) is 11.5 Å². The van der Waals surface area contributed by atoms with Crippen LogP contribution in [0.2, 0.25) is 0 Å². The fourth-order valence-electron chi connectivity index (χ4n) is 3.51. The van der Waals surface area contributed by atoms with Gasteiger partial charge in [0.25, 0.3) is 0 Å².